The van der Waals surface area contributed by atoms with Gasteiger partial charge >= 0.3 is 0 Å². The molecule has 148 valence electrons. The Labute approximate surface area is 169 Å². The van der Waals surface area contributed by atoms with Crippen LogP contribution in [0.4, 0.5) is 5.82 Å². The van der Waals surface area contributed by atoms with Crippen LogP contribution in [0.1, 0.15) is 34.9 Å². The van der Waals surface area contributed by atoms with E-state index in [0.717, 1.165) is 48.3 Å². The lowest BCUT2D eigenvalue weighted by Gasteiger charge is -2.33. The van der Waals surface area contributed by atoms with E-state index < -0.39 is 0 Å². The van der Waals surface area contributed by atoms with Crippen molar-refractivity contribution in [1.29, 1.82) is 0 Å². The Morgan fingerprint density at radius 3 is 3.00 bits per heavy atom. The highest BCUT2D eigenvalue weighted by molar-refractivity contribution is 7.09. The molecule has 28 heavy (non-hydrogen) atoms. The summed E-state index contributed by atoms with van der Waals surface area (Å²) in [6.07, 6.45) is 2.78. The molecule has 1 aliphatic rings. The summed E-state index contributed by atoms with van der Waals surface area (Å²) in [6.45, 7) is 8.15. The summed E-state index contributed by atoms with van der Waals surface area (Å²) in [5.41, 5.74) is 1.72. The number of hydrogen-bond acceptors (Lipinski definition) is 6. The number of furan rings is 1. The monoisotopic (exact) mass is 398 g/mol. The standard InChI is InChI=1S/C21H26N4O2S/c1-13-14(2)27-21-18(13)19(23-15(3)24-21)25-10-4-6-16(12-25)20(26)22-9-8-17-7-5-11-28-17/h5,7,11,16H,4,6,8-10,12H2,1-3H3,(H,22,26)/t16-/m0/s1. The molecule has 6 nitrogen and oxygen atoms in total. The van der Waals surface area contributed by atoms with Gasteiger partial charge in [0.15, 0.2) is 0 Å². The van der Waals surface area contributed by atoms with Crippen molar-refractivity contribution >= 4 is 34.2 Å². The summed E-state index contributed by atoms with van der Waals surface area (Å²) in [5.74, 6) is 2.59. The molecule has 0 spiro atoms. The first kappa shape index (κ1) is 18.9. The molecule has 4 rings (SSSR count). The van der Waals surface area contributed by atoms with Gasteiger partial charge in [0.05, 0.1) is 11.3 Å². The first-order valence-electron chi connectivity index (χ1n) is 9.82. The Bertz CT molecular complexity index is 980. The summed E-state index contributed by atoms with van der Waals surface area (Å²) in [4.78, 5) is 25.4. The predicted molar refractivity (Wildman–Crippen MR) is 112 cm³/mol. The normalized spacial score (nSPS) is 17.2. The molecule has 1 aliphatic heterocycles. The highest BCUT2D eigenvalue weighted by atomic mass is 32.1. The maximum absolute atomic E-state index is 12.7. The summed E-state index contributed by atoms with van der Waals surface area (Å²) in [7, 11) is 0. The van der Waals surface area contributed by atoms with Crippen LogP contribution in [0, 0.1) is 26.7 Å². The molecule has 0 aliphatic carbocycles. The van der Waals surface area contributed by atoms with Crippen LogP contribution < -0.4 is 10.2 Å². The van der Waals surface area contributed by atoms with Crippen molar-refractivity contribution in [2.45, 2.75) is 40.0 Å². The zero-order valence-corrected chi connectivity index (χ0v) is 17.4. The number of carbonyl (C=O) groups is 1. The highest BCUT2D eigenvalue weighted by Crippen LogP contribution is 2.33. The van der Waals surface area contributed by atoms with Gasteiger partial charge in [-0.2, -0.15) is 4.98 Å². The van der Waals surface area contributed by atoms with Gasteiger partial charge in [-0.1, -0.05) is 6.07 Å². The SMILES string of the molecule is Cc1nc(N2CCC[C@H](C(=O)NCCc3cccs3)C2)c2c(C)c(C)oc2n1. The third-order valence-electron chi connectivity index (χ3n) is 5.46. The quantitative estimate of drug-likeness (QED) is 0.708. The van der Waals surface area contributed by atoms with E-state index in [4.69, 9.17) is 9.40 Å². The molecule has 1 fully saturated rings. The number of amides is 1. The molecule has 3 aromatic heterocycles. The molecule has 0 aromatic carbocycles. The number of aromatic nitrogens is 2. The van der Waals surface area contributed by atoms with Gasteiger partial charge in [0.2, 0.25) is 11.6 Å². The van der Waals surface area contributed by atoms with E-state index in [-0.39, 0.29) is 11.8 Å². The fourth-order valence-corrected chi connectivity index (χ4v) is 4.56. The average molecular weight is 399 g/mol. The van der Waals surface area contributed by atoms with E-state index in [0.29, 0.717) is 24.6 Å². The van der Waals surface area contributed by atoms with Crippen LogP contribution >= 0.6 is 11.3 Å². The third-order valence-corrected chi connectivity index (χ3v) is 6.40. The van der Waals surface area contributed by atoms with E-state index in [1.54, 1.807) is 11.3 Å². The van der Waals surface area contributed by atoms with Crippen molar-refractivity contribution in [1.82, 2.24) is 15.3 Å². The first-order valence-corrected chi connectivity index (χ1v) is 10.7. The number of hydrogen-bond donors (Lipinski definition) is 1. The lowest BCUT2D eigenvalue weighted by atomic mass is 9.96. The third kappa shape index (κ3) is 3.76. The van der Waals surface area contributed by atoms with Gasteiger partial charge in [0.1, 0.15) is 17.4 Å². The summed E-state index contributed by atoms with van der Waals surface area (Å²) in [5, 5.41) is 6.16. The molecule has 3 aromatic rings. The number of nitrogens with zero attached hydrogens (tertiary/aromatic N) is 3. The minimum atomic E-state index is -0.0179. The van der Waals surface area contributed by atoms with Crippen molar-refractivity contribution in [3.05, 3.63) is 39.5 Å². The van der Waals surface area contributed by atoms with Crippen LogP contribution in [-0.4, -0.2) is 35.5 Å². The van der Waals surface area contributed by atoms with Crippen LogP contribution in [-0.2, 0) is 11.2 Å². The topological polar surface area (TPSA) is 71.3 Å². The van der Waals surface area contributed by atoms with E-state index in [9.17, 15) is 4.79 Å². The van der Waals surface area contributed by atoms with Gasteiger partial charge in [0, 0.05) is 30.1 Å². The fraction of sp³-hybridized carbons (Fsp3) is 0.476. The Kier molecular flexibility index (Phi) is 5.35. The maximum Gasteiger partial charge on any atom is 0.231 e. The van der Waals surface area contributed by atoms with E-state index >= 15 is 0 Å². The first-order chi connectivity index (χ1) is 13.5. The van der Waals surface area contributed by atoms with Crippen molar-refractivity contribution in [3.8, 4) is 0 Å². The van der Waals surface area contributed by atoms with Gasteiger partial charge in [0.25, 0.3) is 0 Å². The molecule has 1 amide bonds. The van der Waals surface area contributed by atoms with Crippen LogP contribution in [0.5, 0.6) is 0 Å². The number of thiophene rings is 1. The van der Waals surface area contributed by atoms with Crippen molar-refractivity contribution < 1.29 is 9.21 Å². The second kappa shape index (κ2) is 7.91. The van der Waals surface area contributed by atoms with Crippen molar-refractivity contribution in [2.24, 2.45) is 5.92 Å². The summed E-state index contributed by atoms with van der Waals surface area (Å²) in [6, 6.07) is 4.15. The van der Waals surface area contributed by atoms with Crippen LogP contribution in [0.25, 0.3) is 11.1 Å². The predicted octanol–water partition coefficient (Wildman–Crippen LogP) is 3.78. The molecule has 0 unspecified atom stereocenters. The Morgan fingerprint density at radius 1 is 1.36 bits per heavy atom. The summed E-state index contributed by atoms with van der Waals surface area (Å²) < 4.78 is 5.82. The highest BCUT2D eigenvalue weighted by Gasteiger charge is 2.29. The lowest BCUT2D eigenvalue weighted by molar-refractivity contribution is -0.125. The molecule has 0 bridgehead atoms. The Morgan fingerprint density at radius 2 is 2.21 bits per heavy atom. The number of rotatable bonds is 5. The van der Waals surface area contributed by atoms with E-state index in [1.807, 2.05) is 26.8 Å². The van der Waals surface area contributed by atoms with Crippen LogP contribution in [0.2, 0.25) is 0 Å². The maximum atomic E-state index is 12.7. The average Bonchev–Trinajstić information content (AvgIpc) is 3.29. The summed E-state index contributed by atoms with van der Waals surface area (Å²) >= 11 is 1.73. The molecular formula is C21H26N4O2S. The van der Waals surface area contributed by atoms with Gasteiger partial charge < -0.3 is 14.6 Å². The van der Waals surface area contributed by atoms with E-state index in [2.05, 4.69) is 26.6 Å². The van der Waals surface area contributed by atoms with Crippen molar-refractivity contribution in [3.63, 3.8) is 0 Å². The molecule has 1 saturated heterocycles. The Hall–Kier alpha value is -2.41. The smallest absolute Gasteiger partial charge is 0.231 e. The number of aryl methyl sites for hydroxylation is 3. The largest absolute Gasteiger partial charge is 0.443 e. The van der Waals surface area contributed by atoms with Gasteiger partial charge in [-0.3, -0.25) is 4.79 Å². The minimum absolute atomic E-state index is 0.0179. The van der Waals surface area contributed by atoms with Crippen LogP contribution in [0.15, 0.2) is 21.9 Å². The number of carbonyl (C=O) groups excluding carboxylic acids is 1. The molecular weight excluding hydrogens is 372 g/mol. The second-order valence-corrected chi connectivity index (χ2v) is 8.50. The zero-order chi connectivity index (χ0) is 19.7. The van der Waals surface area contributed by atoms with Gasteiger partial charge in [-0.25, -0.2) is 4.98 Å². The Balaban J connectivity index is 1.48. The minimum Gasteiger partial charge on any atom is -0.443 e. The molecule has 4 heterocycles. The van der Waals surface area contributed by atoms with Gasteiger partial charge in [-0.05, 0) is 51.5 Å². The number of anilines is 1. The van der Waals surface area contributed by atoms with Crippen molar-refractivity contribution in [2.75, 3.05) is 24.5 Å². The molecule has 1 N–H and O–H groups in total. The number of nitrogens with one attached hydrogen (secondary N) is 1. The van der Waals surface area contributed by atoms with E-state index in [1.165, 1.54) is 4.88 Å². The van der Waals surface area contributed by atoms with Gasteiger partial charge in [-0.15, -0.1) is 11.3 Å². The number of fused-ring (bicyclic) bond motifs is 1. The lowest BCUT2D eigenvalue weighted by Crippen LogP contribution is -2.44. The molecule has 7 heteroatoms. The van der Waals surface area contributed by atoms with Crippen LogP contribution in [0.3, 0.4) is 0 Å². The molecule has 0 saturated carbocycles. The molecule has 0 radical (unpaired) electrons. The molecule has 1 atom stereocenters. The fourth-order valence-electron chi connectivity index (χ4n) is 3.85. The second-order valence-electron chi connectivity index (χ2n) is 7.46. The number of piperidine rings is 1. The zero-order valence-electron chi connectivity index (χ0n) is 16.6.